The Labute approximate surface area is 211 Å². The van der Waals surface area contributed by atoms with Crippen LogP contribution in [0.1, 0.15) is 65.2 Å². The van der Waals surface area contributed by atoms with Gasteiger partial charge in [-0.3, -0.25) is 14.4 Å². The van der Waals surface area contributed by atoms with E-state index in [0.29, 0.717) is 27.6 Å². The van der Waals surface area contributed by atoms with Crippen LogP contribution >= 0.6 is 15.9 Å². The minimum atomic E-state index is -2.43. The summed E-state index contributed by atoms with van der Waals surface area (Å²) in [5.74, 6) is -1.64. The van der Waals surface area contributed by atoms with Gasteiger partial charge in [-0.15, -0.1) is 0 Å². The first-order valence-corrected chi connectivity index (χ1v) is 15.4. The van der Waals surface area contributed by atoms with Gasteiger partial charge in [0, 0.05) is 27.1 Å². The molecule has 4 rings (SSSR count). The first-order valence-electron chi connectivity index (χ1n) is 11.7. The van der Waals surface area contributed by atoms with Crippen molar-refractivity contribution in [3.05, 3.63) is 81.3 Å². The third kappa shape index (κ3) is 3.62. The topological polar surface area (TPSA) is 60.4 Å². The number of hydrogen-bond acceptors (Lipinski definition) is 4. The molecule has 0 bridgehead atoms. The molecule has 0 heterocycles. The molecule has 0 fully saturated rings. The molecule has 2 aromatic carbocycles. The zero-order valence-corrected chi connectivity index (χ0v) is 23.2. The third-order valence-corrected chi connectivity index (χ3v) is 13.0. The SMILES string of the molecule is CC1=CC[C@H]2C(=O)c3ccccc3C(=O)[C@@]2(C(=O)c2ccccc2Br)[C@@H]1O[Si](C)(C)C(C)(C)C. The molecule has 0 saturated carbocycles. The van der Waals surface area contributed by atoms with Crippen molar-refractivity contribution in [2.24, 2.45) is 11.3 Å². The van der Waals surface area contributed by atoms with E-state index in [1.165, 1.54) is 0 Å². The van der Waals surface area contributed by atoms with E-state index in [2.05, 4.69) is 49.8 Å². The van der Waals surface area contributed by atoms with Gasteiger partial charge in [0.25, 0.3) is 0 Å². The molecular weight excluding hydrogens is 508 g/mol. The third-order valence-electron chi connectivity index (χ3n) is 7.89. The van der Waals surface area contributed by atoms with Gasteiger partial charge in [-0.25, -0.2) is 0 Å². The summed E-state index contributed by atoms with van der Waals surface area (Å²) in [5.41, 5.74) is 0.285. The zero-order valence-electron chi connectivity index (χ0n) is 20.6. The van der Waals surface area contributed by atoms with Gasteiger partial charge in [0.2, 0.25) is 0 Å². The number of carbonyl (C=O) groups is 3. The Balaban J connectivity index is 2.03. The van der Waals surface area contributed by atoms with Crippen LogP contribution in [0.4, 0.5) is 0 Å². The van der Waals surface area contributed by atoms with E-state index in [-0.39, 0.29) is 22.4 Å². The Bertz CT molecular complexity index is 1220. The summed E-state index contributed by atoms with van der Waals surface area (Å²) in [4.78, 5) is 42.8. The Morgan fingerprint density at radius 1 is 1.03 bits per heavy atom. The van der Waals surface area contributed by atoms with Crippen molar-refractivity contribution in [1.82, 2.24) is 0 Å². The summed E-state index contributed by atoms with van der Waals surface area (Å²) in [6.45, 7) is 12.5. The molecule has 2 aromatic rings. The molecule has 34 heavy (non-hydrogen) atoms. The van der Waals surface area contributed by atoms with Crippen LogP contribution in [0.2, 0.25) is 18.1 Å². The number of ketones is 3. The fraction of sp³-hybridized carbons (Fsp3) is 0.393. The van der Waals surface area contributed by atoms with Gasteiger partial charge in [-0.1, -0.05) is 85.2 Å². The average Bonchev–Trinajstić information content (AvgIpc) is 2.78. The second-order valence-electron chi connectivity index (χ2n) is 10.9. The summed E-state index contributed by atoms with van der Waals surface area (Å²) in [7, 11) is -2.43. The van der Waals surface area contributed by atoms with Crippen LogP contribution in [0.25, 0.3) is 0 Å². The molecule has 0 spiro atoms. The maximum atomic E-state index is 14.5. The van der Waals surface area contributed by atoms with Gasteiger partial charge >= 0.3 is 0 Å². The Morgan fingerprint density at radius 3 is 2.24 bits per heavy atom. The highest BCUT2D eigenvalue weighted by atomic mass is 79.9. The molecule has 0 saturated heterocycles. The fourth-order valence-electron chi connectivity index (χ4n) is 4.94. The second kappa shape index (κ2) is 8.50. The van der Waals surface area contributed by atoms with Crippen LogP contribution in [-0.2, 0) is 4.43 Å². The highest BCUT2D eigenvalue weighted by Crippen LogP contribution is 2.54. The molecule has 0 amide bonds. The van der Waals surface area contributed by atoms with Gasteiger partial charge < -0.3 is 4.43 Å². The van der Waals surface area contributed by atoms with Crippen molar-refractivity contribution in [3.8, 4) is 0 Å². The van der Waals surface area contributed by atoms with Crippen molar-refractivity contribution in [2.75, 3.05) is 0 Å². The number of carbonyl (C=O) groups excluding carboxylic acids is 3. The van der Waals surface area contributed by atoms with E-state index in [4.69, 9.17) is 4.43 Å². The fourth-order valence-corrected chi connectivity index (χ4v) is 6.72. The summed E-state index contributed by atoms with van der Waals surface area (Å²) < 4.78 is 7.51. The van der Waals surface area contributed by atoms with Crippen molar-refractivity contribution < 1.29 is 18.8 Å². The van der Waals surface area contributed by atoms with Gasteiger partial charge in [0.15, 0.2) is 25.7 Å². The molecule has 2 aliphatic rings. The zero-order chi connectivity index (χ0) is 25.1. The Kier molecular flexibility index (Phi) is 6.24. The first-order chi connectivity index (χ1) is 15.8. The van der Waals surface area contributed by atoms with Gasteiger partial charge in [0.05, 0.1) is 6.10 Å². The van der Waals surface area contributed by atoms with Crippen LogP contribution in [0.5, 0.6) is 0 Å². The van der Waals surface area contributed by atoms with E-state index in [9.17, 15) is 14.4 Å². The predicted octanol–water partition coefficient (Wildman–Crippen LogP) is 7.05. The lowest BCUT2D eigenvalue weighted by Crippen LogP contribution is -2.63. The lowest BCUT2D eigenvalue weighted by Gasteiger charge is -2.51. The molecule has 0 aliphatic heterocycles. The molecule has 178 valence electrons. The number of fused-ring (bicyclic) bond motifs is 2. The van der Waals surface area contributed by atoms with Crippen molar-refractivity contribution in [1.29, 1.82) is 0 Å². The first kappa shape index (κ1) is 25.0. The van der Waals surface area contributed by atoms with Crippen LogP contribution in [-0.4, -0.2) is 31.8 Å². The molecule has 0 aromatic heterocycles. The van der Waals surface area contributed by atoms with Gasteiger partial charge in [0.1, 0.15) is 5.41 Å². The Morgan fingerprint density at radius 2 is 1.62 bits per heavy atom. The smallest absolute Gasteiger partial charge is 0.192 e. The molecule has 6 heteroatoms. The summed E-state index contributed by atoms with van der Waals surface area (Å²) >= 11 is 3.51. The number of benzene rings is 2. The standard InChI is InChI=1S/C28H31BrO4Si/c1-17-15-16-21-23(30)18-11-7-8-12-19(18)24(31)28(21,25(32)20-13-9-10-14-22(20)29)26(17)33-34(5,6)27(2,3)4/h7-15,21,26H,16H2,1-6H3/t21-,26+,28-/m0/s1. The second-order valence-corrected chi connectivity index (χ2v) is 16.5. The lowest BCUT2D eigenvalue weighted by atomic mass is 9.53. The number of Topliss-reactive ketones (excluding diaryl/α,β-unsaturated/α-hetero) is 3. The number of rotatable bonds is 4. The number of hydrogen-bond donors (Lipinski definition) is 0. The quantitative estimate of drug-likeness (QED) is 0.181. The normalized spacial score (nSPS) is 24.9. The molecule has 0 radical (unpaired) electrons. The molecule has 0 N–H and O–H groups in total. The highest BCUT2D eigenvalue weighted by molar-refractivity contribution is 9.10. The van der Waals surface area contributed by atoms with Crippen LogP contribution in [0, 0.1) is 11.3 Å². The summed E-state index contributed by atoms with van der Waals surface area (Å²) in [6, 6.07) is 14.0. The van der Waals surface area contributed by atoms with E-state index in [0.717, 1.165) is 5.57 Å². The highest BCUT2D eigenvalue weighted by Gasteiger charge is 2.65. The monoisotopic (exact) mass is 538 g/mol. The van der Waals surface area contributed by atoms with E-state index >= 15 is 0 Å². The van der Waals surface area contributed by atoms with Crippen molar-refractivity contribution in [3.63, 3.8) is 0 Å². The lowest BCUT2D eigenvalue weighted by molar-refractivity contribution is 0.0120. The van der Waals surface area contributed by atoms with Crippen molar-refractivity contribution >= 4 is 41.6 Å². The molecule has 2 aliphatic carbocycles. The van der Waals surface area contributed by atoms with Gasteiger partial charge in [-0.05, 0) is 43.1 Å². The van der Waals surface area contributed by atoms with Crippen molar-refractivity contribution in [2.45, 2.75) is 58.4 Å². The Hall–Kier alpha value is -2.15. The summed E-state index contributed by atoms with van der Waals surface area (Å²) in [6.07, 6.45) is 1.50. The van der Waals surface area contributed by atoms with E-state index in [1.807, 2.05) is 19.1 Å². The van der Waals surface area contributed by atoms with E-state index in [1.54, 1.807) is 42.5 Å². The predicted molar refractivity (Wildman–Crippen MR) is 140 cm³/mol. The molecule has 0 unspecified atom stereocenters. The minimum absolute atomic E-state index is 0.141. The number of halogens is 1. The maximum absolute atomic E-state index is 14.5. The minimum Gasteiger partial charge on any atom is -0.409 e. The van der Waals surface area contributed by atoms with Crippen LogP contribution in [0.15, 0.2) is 64.7 Å². The molecular formula is C28H31BrO4Si. The average molecular weight is 540 g/mol. The summed E-state index contributed by atoms with van der Waals surface area (Å²) in [5, 5.41) is -0.141. The number of allylic oxidation sites excluding steroid dienone is 1. The van der Waals surface area contributed by atoms with Crippen LogP contribution in [0.3, 0.4) is 0 Å². The molecule has 4 nitrogen and oxygen atoms in total. The maximum Gasteiger partial charge on any atom is 0.192 e. The molecule has 3 atom stereocenters. The van der Waals surface area contributed by atoms with Gasteiger partial charge in [-0.2, -0.15) is 0 Å². The van der Waals surface area contributed by atoms with E-state index < -0.39 is 25.8 Å². The van der Waals surface area contributed by atoms with Crippen LogP contribution < -0.4 is 0 Å². The largest absolute Gasteiger partial charge is 0.409 e.